The fraction of sp³-hybridized carbons (Fsp3) is 0.438. The number of amides is 1. The van der Waals surface area contributed by atoms with E-state index in [0.717, 1.165) is 28.6 Å². The van der Waals surface area contributed by atoms with Crippen molar-refractivity contribution in [3.8, 4) is 0 Å². The fourth-order valence-electron chi connectivity index (χ4n) is 2.29. The summed E-state index contributed by atoms with van der Waals surface area (Å²) < 4.78 is 2.65. The third-order valence-electron chi connectivity index (χ3n) is 3.50. The molecule has 2 rings (SSSR count). The maximum absolute atomic E-state index is 11.6. The topological polar surface area (TPSA) is 63.4 Å². The number of hydrogen-bond acceptors (Lipinski definition) is 5. The van der Waals surface area contributed by atoms with Gasteiger partial charge in [-0.2, -0.15) is 4.68 Å². The average molecular weight is 367 g/mol. The van der Waals surface area contributed by atoms with Crippen molar-refractivity contribution in [2.24, 2.45) is 0 Å². The molecule has 0 saturated heterocycles. The molecule has 0 saturated carbocycles. The minimum absolute atomic E-state index is 0.0665. The van der Waals surface area contributed by atoms with Crippen molar-refractivity contribution in [3.05, 3.63) is 39.3 Å². The number of anilines is 1. The van der Waals surface area contributed by atoms with Gasteiger partial charge < -0.3 is 15.5 Å². The molecule has 1 aromatic carbocycles. The van der Waals surface area contributed by atoms with Gasteiger partial charge in [0.15, 0.2) is 10.6 Å². The highest BCUT2D eigenvalue weighted by Gasteiger charge is 2.10. The lowest BCUT2D eigenvalue weighted by molar-refractivity contribution is -0.917. The van der Waals surface area contributed by atoms with Crippen molar-refractivity contribution in [3.63, 3.8) is 0 Å². The number of carbonyl (C=O) groups is 1. The molecule has 0 aliphatic rings. The maximum atomic E-state index is 11.6. The van der Waals surface area contributed by atoms with Gasteiger partial charge in [-0.1, -0.05) is 30.4 Å². The zero-order valence-electron chi connectivity index (χ0n) is 14.3. The second-order valence-corrected chi connectivity index (χ2v) is 7.29. The summed E-state index contributed by atoms with van der Waals surface area (Å²) in [4.78, 5) is 12.8. The predicted molar refractivity (Wildman–Crippen MR) is 100 cm³/mol. The molecule has 0 bridgehead atoms. The summed E-state index contributed by atoms with van der Waals surface area (Å²) in [6.07, 6.45) is 1.06. The Morgan fingerprint density at radius 2 is 2.08 bits per heavy atom. The van der Waals surface area contributed by atoms with E-state index < -0.39 is 0 Å². The first kappa shape index (κ1) is 18.6. The van der Waals surface area contributed by atoms with E-state index in [9.17, 15) is 4.79 Å². The Morgan fingerprint density at radius 1 is 1.38 bits per heavy atom. The normalized spacial score (nSPS) is 12.0. The zero-order chi connectivity index (χ0) is 17.5. The van der Waals surface area contributed by atoms with Crippen molar-refractivity contribution in [2.75, 3.05) is 26.0 Å². The highest BCUT2D eigenvalue weighted by atomic mass is 32.1. The lowest BCUT2D eigenvalue weighted by Gasteiger charge is -2.14. The van der Waals surface area contributed by atoms with Gasteiger partial charge in [0, 0.05) is 24.7 Å². The fourth-order valence-corrected chi connectivity index (χ4v) is 3.32. The van der Waals surface area contributed by atoms with E-state index in [1.165, 1.54) is 21.8 Å². The quantitative estimate of drug-likeness (QED) is 0.620. The number of nitrogens with one attached hydrogen (secondary N) is 3. The standard InChI is InChI=1S/C16H23N5OS2/c1-4-9-18-15-19-21(16(23)24-15)11-20(3)10-12-5-7-13(8-6-12)14(22)17-2/h5-8H,4,9-11H2,1-3H3,(H,17,22)(H,18,19)/p+1. The van der Waals surface area contributed by atoms with Crippen LogP contribution in [0.25, 0.3) is 0 Å². The second-order valence-electron chi connectivity index (χ2n) is 5.67. The molecule has 0 radical (unpaired) electrons. The van der Waals surface area contributed by atoms with Crippen molar-refractivity contribution < 1.29 is 9.69 Å². The van der Waals surface area contributed by atoms with Crippen LogP contribution in [0.1, 0.15) is 29.3 Å². The molecule has 130 valence electrons. The van der Waals surface area contributed by atoms with Crippen LogP contribution < -0.4 is 15.5 Å². The summed E-state index contributed by atoms with van der Waals surface area (Å²) in [6, 6.07) is 7.68. The summed E-state index contributed by atoms with van der Waals surface area (Å²) in [5.41, 5.74) is 1.85. The highest BCUT2D eigenvalue weighted by Crippen LogP contribution is 2.13. The Kier molecular flexibility index (Phi) is 6.89. The smallest absolute Gasteiger partial charge is 0.251 e. The molecule has 1 atom stereocenters. The summed E-state index contributed by atoms with van der Waals surface area (Å²) >= 11 is 6.89. The van der Waals surface area contributed by atoms with E-state index in [-0.39, 0.29) is 5.91 Å². The molecular formula is C16H24N5OS2+. The number of quaternary nitrogens is 1. The molecule has 3 N–H and O–H groups in total. The first-order chi connectivity index (χ1) is 11.5. The van der Waals surface area contributed by atoms with Gasteiger partial charge in [-0.3, -0.25) is 4.79 Å². The van der Waals surface area contributed by atoms with Gasteiger partial charge >= 0.3 is 0 Å². The average Bonchev–Trinajstić information content (AvgIpc) is 2.92. The van der Waals surface area contributed by atoms with Gasteiger partial charge in [0.05, 0.1) is 7.05 Å². The van der Waals surface area contributed by atoms with Crippen LogP contribution in [0.15, 0.2) is 24.3 Å². The molecule has 8 heteroatoms. The number of aromatic nitrogens is 2. The number of rotatable bonds is 8. The van der Waals surface area contributed by atoms with Crippen molar-refractivity contribution in [2.45, 2.75) is 26.6 Å². The Labute approximate surface area is 151 Å². The molecule has 0 fully saturated rings. The third-order valence-corrected chi connectivity index (χ3v) is 4.77. The number of nitrogens with zero attached hydrogens (tertiary/aromatic N) is 2. The van der Waals surface area contributed by atoms with Crippen molar-refractivity contribution in [1.29, 1.82) is 0 Å². The Balaban J connectivity index is 1.95. The van der Waals surface area contributed by atoms with Crippen LogP contribution in [-0.4, -0.2) is 36.3 Å². The molecule has 1 unspecified atom stereocenters. The molecule has 1 heterocycles. The lowest BCUT2D eigenvalue weighted by Crippen LogP contribution is -3.07. The SMILES string of the molecule is CCCNc1nn(C[NH+](C)Cc2ccc(C(=O)NC)cc2)c(=S)s1. The van der Waals surface area contributed by atoms with Gasteiger partial charge in [-0.25, -0.2) is 0 Å². The molecule has 1 amide bonds. The van der Waals surface area contributed by atoms with E-state index in [0.29, 0.717) is 12.2 Å². The van der Waals surface area contributed by atoms with E-state index in [1.54, 1.807) is 7.05 Å². The Hall–Kier alpha value is -1.77. The van der Waals surface area contributed by atoms with Crippen LogP contribution in [0.2, 0.25) is 0 Å². The van der Waals surface area contributed by atoms with E-state index in [1.807, 2.05) is 28.9 Å². The zero-order valence-corrected chi connectivity index (χ0v) is 15.9. The second kappa shape index (κ2) is 8.91. The van der Waals surface area contributed by atoms with Crippen LogP contribution in [-0.2, 0) is 13.2 Å². The molecule has 1 aromatic heterocycles. The van der Waals surface area contributed by atoms with Crippen LogP contribution in [0.4, 0.5) is 5.13 Å². The molecule has 6 nitrogen and oxygen atoms in total. The van der Waals surface area contributed by atoms with Gasteiger partial charge in [0.1, 0.15) is 6.54 Å². The predicted octanol–water partition coefficient (Wildman–Crippen LogP) is 1.53. The van der Waals surface area contributed by atoms with Crippen LogP contribution in [0, 0.1) is 3.95 Å². The third kappa shape index (κ3) is 5.12. The first-order valence-electron chi connectivity index (χ1n) is 7.97. The van der Waals surface area contributed by atoms with Crippen LogP contribution in [0.5, 0.6) is 0 Å². The molecule has 0 aliphatic heterocycles. The minimum Gasteiger partial charge on any atom is -0.360 e. The van der Waals surface area contributed by atoms with Crippen LogP contribution in [0.3, 0.4) is 0 Å². The molecule has 24 heavy (non-hydrogen) atoms. The van der Waals surface area contributed by atoms with Crippen LogP contribution >= 0.6 is 23.6 Å². The highest BCUT2D eigenvalue weighted by molar-refractivity contribution is 7.73. The van der Waals surface area contributed by atoms with Crippen molar-refractivity contribution in [1.82, 2.24) is 15.1 Å². The monoisotopic (exact) mass is 366 g/mol. The van der Waals surface area contributed by atoms with Crippen molar-refractivity contribution >= 4 is 34.6 Å². The Morgan fingerprint density at radius 3 is 2.71 bits per heavy atom. The van der Waals surface area contributed by atoms with Gasteiger partial charge in [0.2, 0.25) is 5.13 Å². The summed E-state index contributed by atoms with van der Waals surface area (Å²) in [6.45, 7) is 4.57. The number of hydrogen-bond donors (Lipinski definition) is 3. The van der Waals surface area contributed by atoms with E-state index in [2.05, 4.69) is 29.7 Å². The lowest BCUT2D eigenvalue weighted by atomic mass is 10.1. The summed E-state index contributed by atoms with van der Waals surface area (Å²) in [5.74, 6) is -0.0665. The first-order valence-corrected chi connectivity index (χ1v) is 9.20. The van der Waals surface area contributed by atoms with Gasteiger partial charge in [-0.05, 0) is 30.8 Å². The molecule has 2 aromatic rings. The van der Waals surface area contributed by atoms with E-state index >= 15 is 0 Å². The molecule has 0 spiro atoms. The van der Waals surface area contributed by atoms with Gasteiger partial charge in [0.25, 0.3) is 5.91 Å². The number of carbonyl (C=O) groups excluding carboxylic acids is 1. The Bertz CT molecular complexity index is 723. The van der Waals surface area contributed by atoms with Gasteiger partial charge in [-0.15, -0.1) is 5.10 Å². The number of benzene rings is 1. The summed E-state index contributed by atoms with van der Waals surface area (Å²) in [5, 5.41) is 11.3. The van der Waals surface area contributed by atoms with E-state index in [4.69, 9.17) is 12.2 Å². The maximum Gasteiger partial charge on any atom is 0.251 e. The minimum atomic E-state index is -0.0665. The molecule has 0 aliphatic carbocycles. The summed E-state index contributed by atoms with van der Waals surface area (Å²) in [7, 11) is 3.74. The largest absolute Gasteiger partial charge is 0.360 e. The molecular weight excluding hydrogens is 342 g/mol.